The van der Waals surface area contributed by atoms with E-state index in [9.17, 15) is 30.2 Å². The molecular weight excluding hydrogens is 346 g/mol. The number of phenolic OH excluding ortho intramolecular Hbond substituents is 1. The van der Waals surface area contributed by atoms with Gasteiger partial charge in [0.2, 0.25) is 0 Å². The highest BCUT2D eigenvalue weighted by Gasteiger charge is 2.28. The van der Waals surface area contributed by atoms with Crippen molar-refractivity contribution in [1.29, 1.82) is 5.26 Å². The first-order valence-corrected chi connectivity index (χ1v) is 7.70. The summed E-state index contributed by atoms with van der Waals surface area (Å²) in [4.78, 5) is 21.5. The number of hydrogen-bond acceptors (Lipinski definition) is 8. The summed E-state index contributed by atoms with van der Waals surface area (Å²) in [5, 5.41) is 52.3. The Morgan fingerprint density at radius 2 is 2.04 bits per heavy atom. The Balaban J connectivity index is 2.81. The lowest BCUT2D eigenvalue weighted by Crippen LogP contribution is -2.34. The second kappa shape index (κ2) is 8.46. The van der Waals surface area contributed by atoms with Gasteiger partial charge in [-0.2, -0.15) is 5.26 Å². The van der Waals surface area contributed by atoms with E-state index in [0.717, 1.165) is 12.1 Å². The number of ether oxygens (including phenoxy) is 1. The maximum Gasteiger partial charge on any atom is 0.407 e. The molecule has 142 valence electrons. The molecule has 0 spiro atoms. The number of aliphatic hydroxyl groups excluding tert-OH is 2. The maximum absolute atomic E-state index is 11.5. The summed E-state index contributed by atoms with van der Waals surface area (Å²) in [6.45, 7) is 5.00. The molecular formula is C16H21N3O7. The molecule has 10 nitrogen and oxygen atoms in total. The number of nitro benzene ring substituents is 1. The second-order valence-corrected chi connectivity index (χ2v) is 6.53. The van der Waals surface area contributed by atoms with Crippen LogP contribution in [-0.4, -0.2) is 44.6 Å². The molecule has 1 aromatic rings. The smallest absolute Gasteiger partial charge is 0.407 e. The SMILES string of the molecule is CC(C)(C)OC(=O)NCCC(O)C(O)c1cc(C#N)cc([N+](=O)[O-])c1O. The Labute approximate surface area is 149 Å². The number of aromatic hydroxyl groups is 1. The van der Waals surface area contributed by atoms with Crippen LogP contribution in [0.15, 0.2) is 12.1 Å². The first-order chi connectivity index (χ1) is 12.0. The highest BCUT2D eigenvalue weighted by Crippen LogP contribution is 2.36. The molecule has 1 rings (SSSR count). The zero-order valence-electron chi connectivity index (χ0n) is 14.6. The molecule has 2 atom stereocenters. The van der Waals surface area contributed by atoms with Gasteiger partial charge in [0.05, 0.1) is 22.7 Å². The normalized spacial score (nSPS) is 13.4. The van der Waals surface area contributed by atoms with Gasteiger partial charge in [0.1, 0.15) is 11.7 Å². The van der Waals surface area contributed by atoms with Gasteiger partial charge in [-0.15, -0.1) is 0 Å². The molecule has 0 heterocycles. The van der Waals surface area contributed by atoms with Gasteiger partial charge in [0.25, 0.3) is 0 Å². The summed E-state index contributed by atoms with van der Waals surface area (Å²) in [6.07, 6.45) is -3.97. The maximum atomic E-state index is 11.5. The molecule has 1 aromatic carbocycles. The number of aliphatic hydroxyl groups is 2. The minimum absolute atomic E-state index is 0.0477. The third kappa shape index (κ3) is 5.87. The molecule has 0 bridgehead atoms. The number of hydrogen-bond donors (Lipinski definition) is 4. The van der Waals surface area contributed by atoms with Crippen molar-refractivity contribution in [3.05, 3.63) is 33.4 Å². The standard InChI is InChI=1S/C16H21N3O7/c1-16(2,3)26-15(23)18-5-4-12(20)14(22)10-6-9(8-17)7-11(13(10)21)19(24)25/h6-7,12,14,20-22H,4-5H2,1-3H3,(H,18,23). The van der Waals surface area contributed by atoms with Crippen molar-refractivity contribution < 1.29 is 29.8 Å². The predicted molar refractivity (Wildman–Crippen MR) is 89.3 cm³/mol. The molecule has 0 aliphatic carbocycles. The highest BCUT2D eigenvalue weighted by molar-refractivity contribution is 5.67. The predicted octanol–water partition coefficient (Wildman–Crippen LogP) is 1.48. The minimum Gasteiger partial charge on any atom is -0.502 e. The molecule has 1 amide bonds. The Bertz CT molecular complexity index is 722. The molecule has 0 saturated carbocycles. The van der Waals surface area contributed by atoms with Crippen LogP contribution in [0.25, 0.3) is 0 Å². The van der Waals surface area contributed by atoms with Crippen LogP contribution in [0.3, 0.4) is 0 Å². The van der Waals surface area contributed by atoms with E-state index in [-0.39, 0.29) is 24.1 Å². The van der Waals surface area contributed by atoms with Crippen molar-refractivity contribution in [3.63, 3.8) is 0 Å². The number of nitrogens with one attached hydrogen (secondary N) is 1. The zero-order valence-corrected chi connectivity index (χ0v) is 14.6. The molecule has 0 aliphatic rings. The Morgan fingerprint density at radius 3 is 2.54 bits per heavy atom. The van der Waals surface area contributed by atoms with Gasteiger partial charge < -0.3 is 25.4 Å². The Morgan fingerprint density at radius 1 is 1.42 bits per heavy atom. The Kier molecular flexibility index (Phi) is 6.88. The molecule has 0 radical (unpaired) electrons. The summed E-state index contributed by atoms with van der Waals surface area (Å²) in [5.74, 6) is -0.833. The molecule has 0 aliphatic heterocycles. The van der Waals surface area contributed by atoms with Gasteiger partial charge in [-0.1, -0.05) is 0 Å². The summed E-state index contributed by atoms with van der Waals surface area (Å²) >= 11 is 0. The fraction of sp³-hybridized carbons (Fsp3) is 0.500. The number of rotatable bonds is 6. The minimum atomic E-state index is -1.69. The number of benzene rings is 1. The van der Waals surface area contributed by atoms with Crippen molar-refractivity contribution in [2.24, 2.45) is 0 Å². The average molecular weight is 367 g/mol. The van der Waals surface area contributed by atoms with Gasteiger partial charge in [-0.05, 0) is 33.3 Å². The monoisotopic (exact) mass is 367 g/mol. The second-order valence-electron chi connectivity index (χ2n) is 6.53. The fourth-order valence-electron chi connectivity index (χ4n) is 2.07. The van der Waals surface area contributed by atoms with Gasteiger partial charge >= 0.3 is 11.8 Å². The summed E-state index contributed by atoms with van der Waals surface area (Å²) in [6, 6.07) is 3.60. The zero-order chi connectivity index (χ0) is 20.1. The molecule has 0 fully saturated rings. The van der Waals surface area contributed by atoms with Crippen LogP contribution in [0.1, 0.15) is 44.4 Å². The van der Waals surface area contributed by atoms with E-state index in [1.807, 2.05) is 0 Å². The van der Waals surface area contributed by atoms with Crippen LogP contribution in [0.5, 0.6) is 5.75 Å². The molecule has 0 aromatic heterocycles. The molecule has 26 heavy (non-hydrogen) atoms. The number of phenols is 1. The Hall–Kier alpha value is -2.90. The van der Waals surface area contributed by atoms with E-state index in [1.54, 1.807) is 26.8 Å². The topological polar surface area (TPSA) is 166 Å². The number of alkyl carbamates (subject to hydrolysis) is 1. The molecule has 10 heteroatoms. The highest BCUT2D eigenvalue weighted by atomic mass is 16.6. The van der Waals surface area contributed by atoms with Crippen LogP contribution >= 0.6 is 0 Å². The number of nitro groups is 1. The van der Waals surface area contributed by atoms with Crippen molar-refractivity contribution in [3.8, 4) is 11.8 Å². The fourth-order valence-corrected chi connectivity index (χ4v) is 2.07. The van der Waals surface area contributed by atoms with Gasteiger partial charge in [0, 0.05) is 18.2 Å². The lowest BCUT2D eigenvalue weighted by atomic mass is 9.98. The van der Waals surface area contributed by atoms with E-state index in [4.69, 9.17) is 10.00 Å². The molecule has 2 unspecified atom stereocenters. The van der Waals surface area contributed by atoms with Crippen LogP contribution < -0.4 is 5.32 Å². The largest absolute Gasteiger partial charge is 0.502 e. The summed E-state index contributed by atoms with van der Waals surface area (Å²) in [7, 11) is 0. The van der Waals surface area contributed by atoms with Gasteiger partial charge in [0.15, 0.2) is 5.75 Å². The van der Waals surface area contributed by atoms with Crippen molar-refractivity contribution >= 4 is 11.8 Å². The first-order valence-electron chi connectivity index (χ1n) is 7.70. The number of amides is 1. The third-order valence-electron chi connectivity index (χ3n) is 3.24. The number of carbonyl (C=O) groups excluding carboxylic acids is 1. The number of nitrogens with zero attached hydrogens (tertiary/aromatic N) is 2. The quantitative estimate of drug-likeness (QED) is 0.433. The van der Waals surface area contributed by atoms with Crippen molar-refractivity contribution in [2.45, 2.75) is 45.0 Å². The van der Waals surface area contributed by atoms with E-state index >= 15 is 0 Å². The van der Waals surface area contributed by atoms with Crippen molar-refractivity contribution in [1.82, 2.24) is 5.32 Å². The summed E-state index contributed by atoms with van der Waals surface area (Å²) in [5.41, 5.74) is -1.94. The number of carbonyl (C=O) groups is 1. The molecule has 0 saturated heterocycles. The van der Waals surface area contributed by atoms with Crippen LogP contribution in [0.2, 0.25) is 0 Å². The lowest BCUT2D eigenvalue weighted by Gasteiger charge is -2.21. The van der Waals surface area contributed by atoms with Crippen LogP contribution in [-0.2, 0) is 4.74 Å². The summed E-state index contributed by atoms with van der Waals surface area (Å²) < 4.78 is 5.01. The third-order valence-corrected chi connectivity index (χ3v) is 3.24. The number of nitriles is 1. The van der Waals surface area contributed by atoms with Crippen molar-refractivity contribution in [2.75, 3.05) is 6.54 Å². The first kappa shape index (κ1) is 21.1. The van der Waals surface area contributed by atoms with E-state index in [1.165, 1.54) is 0 Å². The van der Waals surface area contributed by atoms with Gasteiger partial charge in [-0.25, -0.2) is 4.79 Å². The molecule has 4 N–H and O–H groups in total. The van der Waals surface area contributed by atoms with Crippen LogP contribution in [0, 0.1) is 21.4 Å². The van der Waals surface area contributed by atoms with E-state index < -0.39 is 40.3 Å². The van der Waals surface area contributed by atoms with Crippen LogP contribution in [0.4, 0.5) is 10.5 Å². The average Bonchev–Trinajstić information content (AvgIpc) is 2.52. The van der Waals surface area contributed by atoms with E-state index in [2.05, 4.69) is 5.32 Å². The van der Waals surface area contributed by atoms with E-state index in [0.29, 0.717) is 0 Å². The lowest BCUT2D eigenvalue weighted by molar-refractivity contribution is -0.386. The van der Waals surface area contributed by atoms with Gasteiger partial charge in [-0.3, -0.25) is 10.1 Å².